The van der Waals surface area contributed by atoms with Crippen LogP contribution in [0, 0.1) is 0 Å². The van der Waals surface area contributed by atoms with Crippen molar-refractivity contribution in [3.05, 3.63) is 66.5 Å². The van der Waals surface area contributed by atoms with Crippen LogP contribution in [0.25, 0.3) is 10.8 Å². The number of carbonyl (C=O) groups is 1. The first-order valence-electron chi connectivity index (χ1n) is 6.82. The maximum absolute atomic E-state index is 12.1. The lowest BCUT2D eigenvalue weighted by molar-refractivity contribution is -0.274. The Morgan fingerprint density at radius 1 is 0.917 bits per heavy atom. The van der Waals surface area contributed by atoms with Crippen molar-refractivity contribution in [2.24, 2.45) is 0 Å². The van der Waals surface area contributed by atoms with Gasteiger partial charge in [0.05, 0.1) is 5.56 Å². The molecular weight excluding hydrogens is 323 g/mol. The van der Waals surface area contributed by atoms with E-state index in [0.717, 1.165) is 22.9 Å². The van der Waals surface area contributed by atoms with Gasteiger partial charge in [-0.15, -0.1) is 13.2 Å². The number of pyridine rings is 1. The summed E-state index contributed by atoms with van der Waals surface area (Å²) in [5, 5.41) is 1.75. The molecule has 1 heterocycles. The second kappa shape index (κ2) is 6.19. The van der Waals surface area contributed by atoms with Crippen molar-refractivity contribution >= 4 is 16.7 Å². The molecule has 1 aromatic heterocycles. The zero-order chi connectivity index (χ0) is 17.2. The van der Waals surface area contributed by atoms with E-state index in [4.69, 9.17) is 4.74 Å². The van der Waals surface area contributed by atoms with Crippen molar-refractivity contribution in [3.8, 4) is 11.5 Å². The highest BCUT2D eigenvalue weighted by atomic mass is 19.4. The number of hydrogen-bond donors (Lipinski definition) is 0. The maximum Gasteiger partial charge on any atom is 0.573 e. The van der Waals surface area contributed by atoms with Crippen LogP contribution in [0.15, 0.2) is 60.9 Å². The Labute approximate surface area is 134 Å². The molecule has 0 aliphatic carbocycles. The van der Waals surface area contributed by atoms with Crippen molar-refractivity contribution in [2.75, 3.05) is 0 Å². The van der Waals surface area contributed by atoms with Crippen LogP contribution in [0.1, 0.15) is 10.4 Å². The van der Waals surface area contributed by atoms with E-state index < -0.39 is 18.1 Å². The molecule has 0 amide bonds. The Hall–Kier alpha value is -3.09. The van der Waals surface area contributed by atoms with Crippen molar-refractivity contribution < 1.29 is 27.4 Å². The quantitative estimate of drug-likeness (QED) is 0.528. The molecular formula is C17H10F3NO3. The third kappa shape index (κ3) is 3.81. The smallest absolute Gasteiger partial charge is 0.423 e. The zero-order valence-corrected chi connectivity index (χ0v) is 12.1. The minimum Gasteiger partial charge on any atom is -0.423 e. The van der Waals surface area contributed by atoms with E-state index in [0.29, 0.717) is 5.75 Å². The molecule has 0 atom stereocenters. The molecule has 24 heavy (non-hydrogen) atoms. The lowest BCUT2D eigenvalue weighted by Gasteiger charge is -2.09. The number of aromatic nitrogens is 1. The topological polar surface area (TPSA) is 48.4 Å². The van der Waals surface area contributed by atoms with Gasteiger partial charge in [0.2, 0.25) is 0 Å². The van der Waals surface area contributed by atoms with Gasteiger partial charge < -0.3 is 9.47 Å². The van der Waals surface area contributed by atoms with E-state index in [1.165, 1.54) is 12.1 Å². The van der Waals surface area contributed by atoms with Crippen LogP contribution in [-0.2, 0) is 0 Å². The van der Waals surface area contributed by atoms with Crippen LogP contribution < -0.4 is 9.47 Å². The number of carbonyl (C=O) groups excluding carboxylic acids is 1. The predicted molar refractivity (Wildman–Crippen MR) is 79.8 cm³/mol. The molecule has 7 heteroatoms. The maximum atomic E-state index is 12.1. The summed E-state index contributed by atoms with van der Waals surface area (Å²) in [4.78, 5) is 16.0. The summed E-state index contributed by atoms with van der Waals surface area (Å²) in [5.74, 6) is -0.774. The number of nitrogens with zero attached hydrogens (tertiary/aromatic N) is 1. The first-order valence-corrected chi connectivity index (χ1v) is 6.82. The normalized spacial score (nSPS) is 11.3. The SMILES string of the molecule is O=C(Oc1ccc2ccncc2c1)c1ccc(OC(F)(F)F)cc1. The standard InChI is InChI=1S/C17H10F3NO3/c18-17(19,20)24-14-4-2-12(3-5-14)16(22)23-15-6-1-11-7-8-21-10-13(11)9-15/h1-10H. The molecule has 0 fully saturated rings. The molecule has 0 radical (unpaired) electrons. The van der Waals surface area contributed by atoms with Gasteiger partial charge in [-0.05, 0) is 47.9 Å². The first kappa shape index (κ1) is 15.8. The van der Waals surface area contributed by atoms with Gasteiger partial charge >= 0.3 is 12.3 Å². The number of esters is 1. The second-order valence-corrected chi connectivity index (χ2v) is 4.85. The number of rotatable bonds is 3. The molecule has 3 rings (SSSR count). The fourth-order valence-electron chi connectivity index (χ4n) is 2.09. The average molecular weight is 333 g/mol. The minimum atomic E-state index is -4.78. The Morgan fingerprint density at radius 3 is 2.33 bits per heavy atom. The van der Waals surface area contributed by atoms with Gasteiger partial charge in [-0.2, -0.15) is 0 Å². The molecule has 122 valence electrons. The van der Waals surface area contributed by atoms with Crippen LogP contribution in [0.5, 0.6) is 11.5 Å². The summed E-state index contributed by atoms with van der Waals surface area (Å²) in [5.41, 5.74) is 0.107. The monoisotopic (exact) mass is 333 g/mol. The van der Waals surface area contributed by atoms with E-state index in [1.807, 2.05) is 6.07 Å². The summed E-state index contributed by atoms with van der Waals surface area (Å²) in [6.07, 6.45) is -1.49. The van der Waals surface area contributed by atoms with Gasteiger partial charge in [-0.25, -0.2) is 4.79 Å². The van der Waals surface area contributed by atoms with Crippen molar-refractivity contribution in [3.63, 3.8) is 0 Å². The molecule has 2 aromatic carbocycles. The minimum absolute atomic E-state index is 0.107. The first-order chi connectivity index (χ1) is 11.4. The van der Waals surface area contributed by atoms with Crippen LogP contribution in [0.3, 0.4) is 0 Å². The highest BCUT2D eigenvalue weighted by molar-refractivity contribution is 5.92. The zero-order valence-electron chi connectivity index (χ0n) is 12.1. The number of alkyl halides is 3. The molecule has 0 spiro atoms. The van der Waals surface area contributed by atoms with Crippen LogP contribution in [-0.4, -0.2) is 17.3 Å². The van der Waals surface area contributed by atoms with Crippen molar-refractivity contribution in [2.45, 2.75) is 6.36 Å². The summed E-state index contributed by atoms with van der Waals surface area (Å²) < 4.78 is 45.3. The predicted octanol–water partition coefficient (Wildman–Crippen LogP) is 4.35. The van der Waals surface area contributed by atoms with Crippen molar-refractivity contribution in [1.29, 1.82) is 0 Å². The number of benzene rings is 2. The summed E-state index contributed by atoms with van der Waals surface area (Å²) in [7, 11) is 0. The molecule has 0 aliphatic heterocycles. The third-order valence-corrected chi connectivity index (χ3v) is 3.15. The van der Waals surface area contributed by atoms with Gasteiger partial charge in [0.25, 0.3) is 0 Å². The largest absolute Gasteiger partial charge is 0.573 e. The Balaban J connectivity index is 1.73. The lowest BCUT2D eigenvalue weighted by Crippen LogP contribution is -2.17. The van der Waals surface area contributed by atoms with Gasteiger partial charge in [-0.1, -0.05) is 6.07 Å². The Kier molecular flexibility index (Phi) is 4.07. The molecule has 0 aliphatic rings. The van der Waals surface area contributed by atoms with Crippen molar-refractivity contribution in [1.82, 2.24) is 4.98 Å². The Bertz CT molecular complexity index is 876. The van der Waals surface area contributed by atoms with Gasteiger partial charge in [-0.3, -0.25) is 4.98 Å². The highest BCUT2D eigenvalue weighted by Crippen LogP contribution is 2.24. The fourth-order valence-corrected chi connectivity index (χ4v) is 2.09. The van der Waals surface area contributed by atoms with Crippen LogP contribution >= 0.6 is 0 Å². The van der Waals surface area contributed by atoms with E-state index in [1.54, 1.807) is 30.6 Å². The molecule has 4 nitrogen and oxygen atoms in total. The molecule has 0 unspecified atom stereocenters. The molecule has 3 aromatic rings. The number of halogens is 3. The highest BCUT2D eigenvalue weighted by Gasteiger charge is 2.31. The molecule has 0 saturated carbocycles. The van der Waals surface area contributed by atoms with Crippen LogP contribution in [0.2, 0.25) is 0 Å². The van der Waals surface area contributed by atoms with E-state index in [2.05, 4.69) is 9.72 Å². The van der Waals surface area contributed by atoms with Crippen LogP contribution in [0.4, 0.5) is 13.2 Å². The second-order valence-electron chi connectivity index (χ2n) is 4.85. The Morgan fingerprint density at radius 2 is 1.62 bits per heavy atom. The summed E-state index contributed by atoms with van der Waals surface area (Å²) in [6.45, 7) is 0. The average Bonchev–Trinajstić information content (AvgIpc) is 2.54. The summed E-state index contributed by atoms with van der Waals surface area (Å²) in [6, 6.07) is 11.4. The van der Waals surface area contributed by atoms with E-state index in [9.17, 15) is 18.0 Å². The third-order valence-electron chi connectivity index (χ3n) is 3.15. The van der Waals surface area contributed by atoms with Gasteiger partial charge in [0.15, 0.2) is 0 Å². The number of hydrogen-bond acceptors (Lipinski definition) is 4. The molecule has 0 saturated heterocycles. The van der Waals surface area contributed by atoms with E-state index >= 15 is 0 Å². The molecule has 0 N–H and O–H groups in total. The van der Waals surface area contributed by atoms with E-state index in [-0.39, 0.29) is 5.56 Å². The fraction of sp³-hybridized carbons (Fsp3) is 0.0588. The number of ether oxygens (including phenoxy) is 2. The number of fused-ring (bicyclic) bond motifs is 1. The molecule has 0 bridgehead atoms. The lowest BCUT2D eigenvalue weighted by atomic mass is 10.2. The van der Waals surface area contributed by atoms with Gasteiger partial charge in [0, 0.05) is 17.8 Å². The summed E-state index contributed by atoms with van der Waals surface area (Å²) >= 11 is 0. The van der Waals surface area contributed by atoms with Gasteiger partial charge in [0.1, 0.15) is 11.5 Å².